The van der Waals surface area contributed by atoms with E-state index in [2.05, 4.69) is 16.9 Å². The molecule has 0 amide bonds. The van der Waals surface area contributed by atoms with Gasteiger partial charge in [-0.1, -0.05) is 61.5 Å². The number of hydrogen-bond acceptors (Lipinski definition) is 6. The SMILES string of the molecule is CC1C(c2nc(-c3ccccc3S(C)(=O)=O)c[nH]2)=CC=CC1c1nc(-c2ccccc2S(C)(=O)=O)c[nH]1. The fraction of sp³-hybridized carbons (Fsp3) is 0.185. The molecule has 190 valence electrons. The maximum Gasteiger partial charge on any atom is 0.176 e. The Morgan fingerprint density at radius 3 is 1.89 bits per heavy atom. The summed E-state index contributed by atoms with van der Waals surface area (Å²) in [5.41, 5.74) is 3.16. The smallest absolute Gasteiger partial charge is 0.176 e. The third kappa shape index (κ3) is 4.82. The Labute approximate surface area is 216 Å². The van der Waals surface area contributed by atoms with Crippen LogP contribution < -0.4 is 0 Å². The van der Waals surface area contributed by atoms with Crippen LogP contribution in [0.25, 0.3) is 28.1 Å². The van der Waals surface area contributed by atoms with Crippen molar-refractivity contribution in [3.05, 3.63) is 90.8 Å². The van der Waals surface area contributed by atoms with Crippen LogP contribution in [-0.4, -0.2) is 49.3 Å². The first kappa shape index (κ1) is 24.9. The first-order valence-corrected chi connectivity index (χ1v) is 15.4. The van der Waals surface area contributed by atoms with Crippen molar-refractivity contribution in [1.82, 2.24) is 19.9 Å². The number of aromatic nitrogens is 4. The lowest BCUT2D eigenvalue weighted by Crippen LogP contribution is -2.14. The molecule has 0 fully saturated rings. The predicted octanol–water partition coefficient (Wildman–Crippen LogP) is 4.65. The molecule has 2 atom stereocenters. The highest BCUT2D eigenvalue weighted by molar-refractivity contribution is 7.91. The van der Waals surface area contributed by atoms with E-state index >= 15 is 0 Å². The molecule has 0 saturated heterocycles. The van der Waals surface area contributed by atoms with Crippen molar-refractivity contribution in [3.8, 4) is 22.5 Å². The zero-order valence-electron chi connectivity index (χ0n) is 20.5. The van der Waals surface area contributed by atoms with Crippen molar-refractivity contribution in [3.63, 3.8) is 0 Å². The summed E-state index contributed by atoms with van der Waals surface area (Å²) in [7, 11) is -6.83. The Balaban J connectivity index is 1.45. The molecule has 5 rings (SSSR count). The molecule has 0 bridgehead atoms. The molecule has 37 heavy (non-hydrogen) atoms. The summed E-state index contributed by atoms with van der Waals surface area (Å²) in [6.45, 7) is 2.07. The Morgan fingerprint density at radius 2 is 1.30 bits per heavy atom. The summed E-state index contributed by atoms with van der Waals surface area (Å²) in [6.07, 6.45) is 11.8. The van der Waals surface area contributed by atoms with Gasteiger partial charge in [-0.15, -0.1) is 0 Å². The normalized spacial score (nSPS) is 18.1. The molecule has 2 N–H and O–H groups in total. The number of rotatable bonds is 6. The highest BCUT2D eigenvalue weighted by Crippen LogP contribution is 2.39. The Kier molecular flexibility index (Phi) is 6.25. The lowest BCUT2D eigenvalue weighted by atomic mass is 9.82. The largest absolute Gasteiger partial charge is 0.347 e. The molecule has 0 radical (unpaired) electrons. The molecule has 0 aliphatic heterocycles. The molecule has 0 spiro atoms. The van der Waals surface area contributed by atoms with Crippen LogP contribution in [0.15, 0.2) is 88.9 Å². The van der Waals surface area contributed by atoms with Crippen LogP contribution >= 0.6 is 0 Å². The topological polar surface area (TPSA) is 126 Å². The first-order chi connectivity index (χ1) is 17.5. The summed E-state index contributed by atoms with van der Waals surface area (Å²) in [4.78, 5) is 16.4. The quantitative estimate of drug-likeness (QED) is 0.371. The minimum Gasteiger partial charge on any atom is -0.347 e. The standard InChI is InChI=1S/C27H26N4O4S2/c1-17-18(26-28-15-22(30-26)20-9-4-6-13-24(20)36(2,32)33)11-8-12-19(17)27-29-16-23(31-27)21-10-5-7-14-25(21)37(3,34)35/h4-18H,1-3H3,(H,28,30)(H,29,31). The summed E-state index contributed by atoms with van der Waals surface area (Å²) >= 11 is 0. The van der Waals surface area contributed by atoms with Crippen molar-refractivity contribution < 1.29 is 16.8 Å². The van der Waals surface area contributed by atoms with Crippen molar-refractivity contribution in [2.75, 3.05) is 12.5 Å². The average molecular weight is 535 g/mol. The fourth-order valence-corrected chi connectivity index (χ4v) is 6.47. The van der Waals surface area contributed by atoms with Crippen molar-refractivity contribution in [2.24, 2.45) is 5.92 Å². The van der Waals surface area contributed by atoms with Gasteiger partial charge in [-0.3, -0.25) is 0 Å². The van der Waals surface area contributed by atoms with E-state index in [1.807, 2.05) is 18.2 Å². The fourth-order valence-electron chi connectivity index (χ4n) is 4.67. The van der Waals surface area contributed by atoms with Crippen molar-refractivity contribution in [1.29, 1.82) is 0 Å². The lowest BCUT2D eigenvalue weighted by Gasteiger charge is -2.24. The van der Waals surface area contributed by atoms with Crippen LogP contribution in [0.1, 0.15) is 24.5 Å². The Morgan fingerprint density at radius 1 is 0.757 bits per heavy atom. The van der Waals surface area contributed by atoms with E-state index in [4.69, 9.17) is 9.97 Å². The number of imidazole rings is 2. The molecule has 2 heterocycles. The molecular weight excluding hydrogens is 508 g/mol. The average Bonchev–Trinajstić information content (AvgIpc) is 3.54. The lowest BCUT2D eigenvalue weighted by molar-refractivity contribution is 0.600. The predicted molar refractivity (Wildman–Crippen MR) is 143 cm³/mol. The summed E-state index contributed by atoms with van der Waals surface area (Å²) in [5, 5.41) is 0. The molecular formula is C27H26N4O4S2. The maximum atomic E-state index is 12.3. The van der Waals surface area contributed by atoms with Crippen molar-refractivity contribution in [2.45, 2.75) is 22.6 Å². The second kappa shape index (κ2) is 9.28. The molecule has 10 heteroatoms. The van der Waals surface area contributed by atoms with Crippen LogP contribution in [-0.2, 0) is 19.7 Å². The zero-order chi connectivity index (χ0) is 26.4. The highest BCUT2D eigenvalue weighted by Gasteiger charge is 2.28. The van der Waals surface area contributed by atoms with Crippen LogP contribution in [0.5, 0.6) is 0 Å². The summed E-state index contributed by atoms with van der Waals surface area (Å²) in [6, 6.07) is 13.6. The second-order valence-electron chi connectivity index (χ2n) is 9.16. The van der Waals surface area contributed by atoms with Gasteiger partial charge >= 0.3 is 0 Å². The van der Waals surface area contributed by atoms with Gasteiger partial charge in [0.1, 0.15) is 11.6 Å². The Bertz CT molecular complexity index is 1760. The van der Waals surface area contributed by atoms with Gasteiger partial charge in [0.2, 0.25) is 0 Å². The number of sulfone groups is 2. The molecule has 8 nitrogen and oxygen atoms in total. The molecule has 1 aliphatic rings. The number of hydrogen-bond donors (Lipinski definition) is 2. The molecule has 2 unspecified atom stereocenters. The third-order valence-corrected chi connectivity index (χ3v) is 8.82. The van der Waals surface area contributed by atoms with Gasteiger partial charge in [-0.2, -0.15) is 0 Å². The minimum atomic E-state index is -3.42. The van der Waals surface area contributed by atoms with E-state index in [1.165, 1.54) is 12.5 Å². The van der Waals surface area contributed by atoms with Crippen molar-refractivity contribution >= 4 is 25.2 Å². The number of allylic oxidation sites excluding steroid dienone is 4. The molecule has 0 saturated carbocycles. The van der Waals surface area contributed by atoms with Crippen LogP contribution in [0.3, 0.4) is 0 Å². The van der Waals surface area contributed by atoms with E-state index in [-0.39, 0.29) is 21.6 Å². The van der Waals surface area contributed by atoms with Gasteiger partial charge < -0.3 is 9.97 Å². The number of nitrogens with zero attached hydrogens (tertiary/aromatic N) is 2. The molecule has 2 aromatic heterocycles. The number of benzene rings is 2. The van der Waals surface area contributed by atoms with Gasteiger partial charge in [0.15, 0.2) is 19.7 Å². The van der Waals surface area contributed by atoms with Gasteiger partial charge in [0, 0.05) is 42.0 Å². The van der Waals surface area contributed by atoms with E-state index in [1.54, 1.807) is 60.9 Å². The molecule has 2 aromatic carbocycles. The van der Waals surface area contributed by atoms with Gasteiger partial charge in [0.25, 0.3) is 0 Å². The van der Waals surface area contributed by atoms with Gasteiger partial charge in [-0.25, -0.2) is 26.8 Å². The van der Waals surface area contributed by atoms with E-state index in [0.717, 1.165) is 5.57 Å². The van der Waals surface area contributed by atoms with Gasteiger partial charge in [-0.05, 0) is 23.6 Å². The van der Waals surface area contributed by atoms with Crippen LogP contribution in [0, 0.1) is 5.92 Å². The maximum absolute atomic E-state index is 12.3. The third-order valence-electron chi connectivity index (χ3n) is 6.51. The first-order valence-electron chi connectivity index (χ1n) is 11.6. The minimum absolute atomic E-state index is 0.0155. The Hall–Kier alpha value is -3.76. The number of H-pyrrole nitrogens is 2. The number of aromatic amines is 2. The summed E-state index contributed by atoms with van der Waals surface area (Å²) in [5.74, 6) is 1.24. The van der Waals surface area contributed by atoms with E-state index in [9.17, 15) is 16.8 Å². The van der Waals surface area contributed by atoms with Crippen LogP contribution in [0.2, 0.25) is 0 Å². The van der Waals surface area contributed by atoms with Crippen LogP contribution in [0.4, 0.5) is 0 Å². The van der Waals surface area contributed by atoms with Gasteiger partial charge in [0.05, 0.1) is 21.2 Å². The van der Waals surface area contributed by atoms with E-state index in [0.29, 0.717) is 34.2 Å². The monoisotopic (exact) mass is 534 g/mol. The summed E-state index contributed by atoms with van der Waals surface area (Å²) < 4.78 is 49.1. The molecule has 4 aromatic rings. The van der Waals surface area contributed by atoms with E-state index < -0.39 is 19.7 Å². The zero-order valence-corrected chi connectivity index (χ0v) is 22.1. The molecule has 1 aliphatic carbocycles. The highest BCUT2D eigenvalue weighted by atomic mass is 32.2. The number of nitrogens with one attached hydrogen (secondary N) is 2. The second-order valence-corrected chi connectivity index (χ2v) is 13.1.